The van der Waals surface area contributed by atoms with Crippen LogP contribution >= 0.6 is 0 Å². The Balaban J connectivity index is 2.22. The van der Waals surface area contributed by atoms with Gasteiger partial charge < -0.3 is 0 Å². The molecule has 1 aliphatic rings. The molecule has 0 bridgehead atoms. The van der Waals surface area contributed by atoms with E-state index in [9.17, 15) is 0 Å². The van der Waals surface area contributed by atoms with Crippen LogP contribution in [-0.2, 0) is 0 Å². The van der Waals surface area contributed by atoms with Crippen molar-refractivity contribution in [3.05, 3.63) is 12.2 Å². The van der Waals surface area contributed by atoms with Crippen molar-refractivity contribution < 1.29 is 0 Å². The topological polar surface area (TPSA) is 0 Å². The molecule has 0 saturated heterocycles. The lowest BCUT2D eigenvalue weighted by Crippen LogP contribution is -2.38. The van der Waals surface area contributed by atoms with Crippen molar-refractivity contribution in [2.45, 2.75) is 59.8 Å². The van der Waals surface area contributed by atoms with Crippen LogP contribution in [0.1, 0.15) is 59.8 Å². The Morgan fingerprint density at radius 3 is 2.60 bits per heavy atom. The second-order valence-electron chi connectivity index (χ2n) is 5.40. The molecule has 1 saturated carbocycles. The molecule has 4 unspecified atom stereocenters. The lowest BCUT2D eigenvalue weighted by Gasteiger charge is -2.46. The third-order valence-electron chi connectivity index (χ3n) is 4.34. The van der Waals surface area contributed by atoms with E-state index >= 15 is 0 Å². The lowest BCUT2D eigenvalue weighted by atomic mass is 9.60. The van der Waals surface area contributed by atoms with Gasteiger partial charge >= 0.3 is 0 Å². The predicted octanol–water partition coefficient (Wildman–Crippen LogP) is 5.05. The minimum absolute atomic E-state index is 0.799. The average Bonchev–Trinajstić information content (AvgIpc) is 2.22. The highest BCUT2D eigenvalue weighted by Crippen LogP contribution is 2.47. The molecule has 0 spiro atoms. The van der Waals surface area contributed by atoms with Gasteiger partial charge in [-0.05, 0) is 37.0 Å². The van der Waals surface area contributed by atoms with Crippen LogP contribution in [0.25, 0.3) is 0 Å². The van der Waals surface area contributed by atoms with E-state index < -0.39 is 0 Å². The standard InChI is InChI=1S/C15H28/c1-5-7-8-10-14-11-15(13(14)4)12(3)9-6-2/h6,9,12-15H,5,7-8,10-11H2,1-4H3. The summed E-state index contributed by atoms with van der Waals surface area (Å²) in [4.78, 5) is 0. The van der Waals surface area contributed by atoms with Crippen LogP contribution < -0.4 is 0 Å². The molecule has 0 aromatic carbocycles. The Hall–Kier alpha value is -0.260. The first kappa shape index (κ1) is 12.8. The molecule has 15 heavy (non-hydrogen) atoms. The van der Waals surface area contributed by atoms with Crippen molar-refractivity contribution in [2.24, 2.45) is 23.7 Å². The van der Waals surface area contributed by atoms with E-state index in [0.29, 0.717) is 0 Å². The van der Waals surface area contributed by atoms with E-state index in [-0.39, 0.29) is 0 Å². The molecule has 0 radical (unpaired) electrons. The molecule has 0 heteroatoms. The van der Waals surface area contributed by atoms with Crippen LogP contribution in [0.5, 0.6) is 0 Å². The molecule has 0 aliphatic heterocycles. The fraction of sp³-hybridized carbons (Fsp3) is 0.867. The van der Waals surface area contributed by atoms with E-state index in [4.69, 9.17) is 0 Å². The van der Waals surface area contributed by atoms with Crippen LogP contribution in [0.15, 0.2) is 12.2 Å². The first-order chi connectivity index (χ1) is 7.20. The van der Waals surface area contributed by atoms with Crippen LogP contribution in [0.2, 0.25) is 0 Å². The van der Waals surface area contributed by atoms with Gasteiger partial charge in [0.15, 0.2) is 0 Å². The molecule has 0 N–H and O–H groups in total. The summed E-state index contributed by atoms with van der Waals surface area (Å²) in [5.74, 6) is 3.77. The first-order valence-corrected chi connectivity index (χ1v) is 6.83. The third kappa shape index (κ3) is 3.36. The second kappa shape index (κ2) is 6.35. The summed E-state index contributed by atoms with van der Waals surface area (Å²) in [7, 11) is 0. The number of rotatable bonds is 6. The zero-order chi connectivity index (χ0) is 11.3. The smallest absolute Gasteiger partial charge is 0.0231 e. The summed E-state index contributed by atoms with van der Waals surface area (Å²) in [5, 5.41) is 0. The fourth-order valence-corrected chi connectivity index (χ4v) is 3.11. The Labute approximate surface area is 96.2 Å². The summed E-state index contributed by atoms with van der Waals surface area (Å²) in [6, 6.07) is 0. The predicted molar refractivity (Wildman–Crippen MR) is 68.9 cm³/mol. The highest BCUT2D eigenvalue weighted by atomic mass is 14.4. The highest BCUT2D eigenvalue weighted by molar-refractivity contribution is 4.96. The maximum Gasteiger partial charge on any atom is -0.0231 e. The molecule has 88 valence electrons. The van der Waals surface area contributed by atoms with Crippen molar-refractivity contribution in [1.82, 2.24) is 0 Å². The Kier molecular flexibility index (Phi) is 5.42. The van der Waals surface area contributed by atoms with Crippen LogP contribution in [0.3, 0.4) is 0 Å². The summed E-state index contributed by atoms with van der Waals surface area (Å²) >= 11 is 0. The molecule has 0 aromatic heterocycles. The van der Waals surface area contributed by atoms with Gasteiger partial charge in [-0.25, -0.2) is 0 Å². The molecule has 0 aromatic rings. The summed E-state index contributed by atoms with van der Waals surface area (Å²) in [5.41, 5.74) is 0. The van der Waals surface area contributed by atoms with Gasteiger partial charge in [0, 0.05) is 0 Å². The number of allylic oxidation sites excluding steroid dienone is 2. The maximum absolute atomic E-state index is 2.46. The zero-order valence-electron chi connectivity index (χ0n) is 11.0. The normalized spacial score (nSPS) is 32.9. The fourth-order valence-electron chi connectivity index (χ4n) is 3.11. The van der Waals surface area contributed by atoms with Crippen molar-refractivity contribution in [2.75, 3.05) is 0 Å². The highest BCUT2D eigenvalue weighted by Gasteiger charge is 2.38. The van der Waals surface area contributed by atoms with E-state index in [2.05, 4.69) is 39.8 Å². The second-order valence-corrected chi connectivity index (χ2v) is 5.40. The van der Waals surface area contributed by atoms with E-state index in [1.165, 1.54) is 32.1 Å². The van der Waals surface area contributed by atoms with E-state index in [1.54, 1.807) is 0 Å². The number of hydrogen-bond acceptors (Lipinski definition) is 0. The van der Waals surface area contributed by atoms with Crippen molar-refractivity contribution >= 4 is 0 Å². The summed E-state index contributed by atoms with van der Waals surface area (Å²) < 4.78 is 0. The van der Waals surface area contributed by atoms with Crippen LogP contribution in [0.4, 0.5) is 0 Å². The van der Waals surface area contributed by atoms with Gasteiger partial charge in [0.05, 0.1) is 0 Å². The summed E-state index contributed by atoms with van der Waals surface area (Å²) in [6.45, 7) is 9.27. The SMILES string of the molecule is CC=CC(C)C1CC(CCCCC)C1C. The number of hydrogen-bond donors (Lipinski definition) is 0. The molecule has 0 nitrogen and oxygen atoms in total. The van der Waals surface area contributed by atoms with Gasteiger partial charge in [0.2, 0.25) is 0 Å². The van der Waals surface area contributed by atoms with Gasteiger partial charge in [0.1, 0.15) is 0 Å². The van der Waals surface area contributed by atoms with Crippen molar-refractivity contribution in [3.8, 4) is 0 Å². The van der Waals surface area contributed by atoms with Gasteiger partial charge in [-0.3, -0.25) is 0 Å². The van der Waals surface area contributed by atoms with Crippen LogP contribution in [-0.4, -0.2) is 0 Å². The zero-order valence-corrected chi connectivity index (χ0v) is 11.0. The molecular formula is C15H28. The van der Waals surface area contributed by atoms with Crippen LogP contribution in [0, 0.1) is 23.7 Å². The Morgan fingerprint density at radius 1 is 1.33 bits per heavy atom. The van der Waals surface area contributed by atoms with E-state index in [1.807, 2.05) is 0 Å². The molecule has 1 aliphatic carbocycles. The van der Waals surface area contributed by atoms with Gasteiger partial charge in [-0.15, -0.1) is 0 Å². The average molecular weight is 208 g/mol. The largest absolute Gasteiger partial charge is 0.0914 e. The molecule has 1 rings (SSSR count). The van der Waals surface area contributed by atoms with Gasteiger partial charge in [-0.2, -0.15) is 0 Å². The van der Waals surface area contributed by atoms with Crippen molar-refractivity contribution in [1.29, 1.82) is 0 Å². The quantitative estimate of drug-likeness (QED) is 0.423. The minimum Gasteiger partial charge on any atom is -0.0914 e. The maximum atomic E-state index is 2.46. The molecule has 4 atom stereocenters. The molecule has 0 amide bonds. The lowest BCUT2D eigenvalue weighted by molar-refractivity contribution is 0.0503. The van der Waals surface area contributed by atoms with Gasteiger partial charge in [0.25, 0.3) is 0 Å². The third-order valence-corrected chi connectivity index (χ3v) is 4.34. The van der Waals surface area contributed by atoms with Crippen molar-refractivity contribution in [3.63, 3.8) is 0 Å². The minimum atomic E-state index is 0.799. The summed E-state index contributed by atoms with van der Waals surface area (Å²) in [6.07, 6.45) is 11.8. The molecule has 0 heterocycles. The van der Waals surface area contributed by atoms with E-state index in [0.717, 1.165) is 23.7 Å². The Morgan fingerprint density at radius 2 is 2.07 bits per heavy atom. The number of unbranched alkanes of at least 4 members (excludes halogenated alkanes) is 2. The first-order valence-electron chi connectivity index (χ1n) is 6.83. The monoisotopic (exact) mass is 208 g/mol. The van der Waals surface area contributed by atoms with Gasteiger partial charge in [-0.1, -0.05) is 58.6 Å². The Bertz CT molecular complexity index is 192. The molecule has 1 fully saturated rings. The molecular weight excluding hydrogens is 180 g/mol.